The van der Waals surface area contributed by atoms with Crippen molar-refractivity contribution in [3.63, 3.8) is 0 Å². The van der Waals surface area contributed by atoms with Crippen molar-refractivity contribution in [3.8, 4) is 5.75 Å². The summed E-state index contributed by atoms with van der Waals surface area (Å²) in [5.41, 5.74) is 0. The third-order valence-corrected chi connectivity index (χ3v) is 5.11. The van der Waals surface area contributed by atoms with Crippen molar-refractivity contribution in [3.05, 3.63) is 24.3 Å². The van der Waals surface area contributed by atoms with E-state index in [2.05, 4.69) is 0 Å². The van der Waals surface area contributed by atoms with Crippen LogP contribution in [0.5, 0.6) is 5.75 Å². The van der Waals surface area contributed by atoms with Crippen LogP contribution in [-0.2, 0) is 10.0 Å². The van der Waals surface area contributed by atoms with Crippen LogP contribution in [-0.4, -0.2) is 42.6 Å². The van der Waals surface area contributed by atoms with Gasteiger partial charge in [-0.1, -0.05) is 0 Å². The zero-order chi connectivity index (χ0) is 13.3. The third kappa shape index (κ3) is 2.66. The van der Waals surface area contributed by atoms with Gasteiger partial charge in [-0.25, -0.2) is 12.7 Å². The summed E-state index contributed by atoms with van der Waals surface area (Å²) in [6.45, 7) is 0.417. The van der Waals surface area contributed by atoms with Gasteiger partial charge >= 0.3 is 0 Å². The van der Waals surface area contributed by atoms with Gasteiger partial charge in [-0.2, -0.15) is 0 Å². The van der Waals surface area contributed by atoms with Gasteiger partial charge in [-0.15, -0.1) is 0 Å². The Morgan fingerprint density at radius 3 is 2.33 bits per heavy atom. The van der Waals surface area contributed by atoms with Gasteiger partial charge in [0, 0.05) is 13.6 Å². The second-order valence-corrected chi connectivity index (χ2v) is 6.82. The summed E-state index contributed by atoms with van der Waals surface area (Å²) < 4.78 is 25.7. The Morgan fingerprint density at radius 1 is 1.28 bits per heavy atom. The molecule has 1 aromatic rings. The van der Waals surface area contributed by atoms with Gasteiger partial charge in [0.2, 0.25) is 10.0 Å². The Kier molecular flexibility index (Phi) is 3.61. The standard InChI is InChI=1S/C12H17NO4S/c1-13(8-9-6-11(15)7-9)18(16,17)12-4-2-10(14)3-5-12/h2-5,9,11,14-15H,6-8H2,1H3. The fourth-order valence-corrected chi connectivity index (χ4v) is 3.36. The summed E-state index contributed by atoms with van der Waals surface area (Å²) in [7, 11) is -1.97. The zero-order valence-electron chi connectivity index (χ0n) is 10.2. The van der Waals surface area contributed by atoms with Crippen molar-refractivity contribution in [2.75, 3.05) is 13.6 Å². The van der Waals surface area contributed by atoms with Crippen LogP contribution in [0.15, 0.2) is 29.2 Å². The Balaban J connectivity index is 2.08. The summed E-state index contributed by atoms with van der Waals surface area (Å²) in [5, 5.41) is 18.3. The van der Waals surface area contributed by atoms with Crippen LogP contribution in [0.4, 0.5) is 0 Å². The highest BCUT2D eigenvalue weighted by Gasteiger charge is 2.31. The van der Waals surface area contributed by atoms with Crippen molar-refractivity contribution in [1.82, 2.24) is 4.31 Å². The molecule has 2 N–H and O–H groups in total. The molecule has 5 nitrogen and oxygen atoms in total. The van der Waals surface area contributed by atoms with Gasteiger partial charge in [-0.05, 0) is 43.0 Å². The predicted molar refractivity (Wildman–Crippen MR) is 66.7 cm³/mol. The second kappa shape index (κ2) is 4.87. The number of rotatable bonds is 4. The average Bonchev–Trinajstić information content (AvgIpc) is 2.27. The predicted octanol–water partition coefficient (Wildman–Crippen LogP) is 0.784. The minimum Gasteiger partial charge on any atom is -0.508 e. The SMILES string of the molecule is CN(CC1CC(O)C1)S(=O)(=O)c1ccc(O)cc1. The molecule has 0 aliphatic heterocycles. The molecule has 0 radical (unpaired) electrons. The molecule has 0 unspecified atom stereocenters. The van der Waals surface area contributed by atoms with E-state index in [1.165, 1.54) is 35.6 Å². The van der Waals surface area contributed by atoms with Crippen molar-refractivity contribution < 1.29 is 18.6 Å². The number of hydrogen-bond donors (Lipinski definition) is 2. The first kappa shape index (κ1) is 13.3. The molecule has 0 bridgehead atoms. The molecule has 0 atom stereocenters. The molecule has 2 rings (SSSR count). The molecule has 1 aliphatic carbocycles. The first-order chi connectivity index (χ1) is 8.39. The van der Waals surface area contributed by atoms with Crippen LogP contribution >= 0.6 is 0 Å². The Morgan fingerprint density at radius 2 is 1.83 bits per heavy atom. The number of phenolic OH excluding ortho intramolecular Hbond substituents is 1. The van der Waals surface area contributed by atoms with Gasteiger partial charge in [0.15, 0.2) is 0 Å². The summed E-state index contributed by atoms with van der Waals surface area (Å²) in [6.07, 6.45) is 1.05. The fraction of sp³-hybridized carbons (Fsp3) is 0.500. The lowest BCUT2D eigenvalue weighted by atomic mass is 9.82. The third-order valence-electron chi connectivity index (χ3n) is 3.27. The molecule has 0 amide bonds. The highest BCUT2D eigenvalue weighted by molar-refractivity contribution is 7.89. The number of nitrogens with zero attached hydrogens (tertiary/aromatic N) is 1. The van der Waals surface area contributed by atoms with E-state index in [-0.39, 0.29) is 22.7 Å². The van der Waals surface area contributed by atoms with E-state index in [9.17, 15) is 13.5 Å². The summed E-state index contributed by atoms with van der Waals surface area (Å²) >= 11 is 0. The van der Waals surface area contributed by atoms with E-state index in [1.54, 1.807) is 0 Å². The smallest absolute Gasteiger partial charge is 0.242 e. The second-order valence-electron chi connectivity index (χ2n) is 4.77. The molecule has 1 aromatic carbocycles. The summed E-state index contributed by atoms with van der Waals surface area (Å²) in [5.74, 6) is 0.274. The monoisotopic (exact) mass is 271 g/mol. The first-order valence-electron chi connectivity index (χ1n) is 5.83. The van der Waals surface area contributed by atoms with Crippen LogP contribution in [0, 0.1) is 5.92 Å². The fourth-order valence-electron chi connectivity index (χ4n) is 2.11. The number of aliphatic hydroxyl groups is 1. The topological polar surface area (TPSA) is 77.8 Å². The maximum Gasteiger partial charge on any atom is 0.242 e. The number of sulfonamides is 1. The minimum atomic E-state index is -3.50. The van der Waals surface area contributed by atoms with Gasteiger partial charge in [0.1, 0.15) is 5.75 Å². The van der Waals surface area contributed by atoms with Crippen LogP contribution in [0.25, 0.3) is 0 Å². The number of phenols is 1. The van der Waals surface area contributed by atoms with Crippen LogP contribution in [0.2, 0.25) is 0 Å². The van der Waals surface area contributed by atoms with Crippen molar-refractivity contribution in [2.45, 2.75) is 23.8 Å². The quantitative estimate of drug-likeness (QED) is 0.848. The normalized spacial score (nSPS) is 23.9. The van der Waals surface area contributed by atoms with E-state index >= 15 is 0 Å². The maximum absolute atomic E-state index is 12.2. The Bertz CT molecular complexity index is 505. The Hall–Kier alpha value is -1.11. The average molecular weight is 271 g/mol. The van der Waals surface area contributed by atoms with Crippen molar-refractivity contribution >= 4 is 10.0 Å². The maximum atomic E-state index is 12.2. The van der Waals surface area contributed by atoms with Crippen molar-refractivity contribution in [1.29, 1.82) is 0 Å². The van der Waals surface area contributed by atoms with Crippen molar-refractivity contribution in [2.24, 2.45) is 5.92 Å². The molecule has 0 aromatic heterocycles. The lowest BCUT2D eigenvalue weighted by molar-refractivity contribution is 0.0367. The van der Waals surface area contributed by atoms with E-state index in [0.29, 0.717) is 19.4 Å². The zero-order valence-corrected chi connectivity index (χ0v) is 11.0. The molecule has 1 saturated carbocycles. The largest absolute Gasteiger partial charge is 0.508 e. The molecule has 0 heterocycles. The molecule has 18 heavy (non-hydrogen) atoms. The number of hydrogen-bond acceptors (Lipinski definition) is 4. The molecule has 6 heteroatoms. The van der Waals surface area contributed by atoms with Crippen LogP contribution in [0.1, 0.15) is 12.8 Å². The molecular weight excluding hydrogens is 254 g/mol. The highest BCUT2D eigenvalue weighted by atomic mass is 32.2. The van der Waals surface area contributed by atoms with Crippen LogP contribution < -0.4 is 0 Å². The molecular formula is C12H17NO4S. The van der Waals surface area contributed by atoms with Crippen LogP contribution in [0.3, 0.4) is 0 Å². The lowest BCUT2D eigenvalue weighted by Crippen LogP contribution is -2.39. The lowest BCUT2D eigenvalue weighted by Gasteiger charge is -2.34. The molecule has 0 saturated heterocycles. The molecule has 0 spiro atoms. The summed E-state index contributed by atoms with van der Waals surface area (Å²) in [4.78, 5) is 0.169. The van der Waals surface area contributed by atoms with E-state index < -0.39 is 10.0 Å². The first-order valence-corrected chi connectivity index (χ1v) is 7.27. The van der Waals surface area contributed by atoms with E-state index in [0.717, 1.165) is 0 Å². The number of aromatic hydroxyl groups is 1. The highest BCUT2D eigenvalue weighted by Crippen LogP contribution is 2.29. The van der Waals surface area contributed by atoms with E-state index in [1.807, 2.05) is 0 Å². The molecule has 1 fully saturated rings. The number of aliphatic hydroxyl groups excluding tert-OH is 1. The van der Waals surface area contributed by atoms with Gasteiger partial charge in [-0.3, -0.25) is 0 Å². The Labute approximate surface area is 107 Å². The van der Waals surface area contributed by atoms with Gasteiger partial charge in [0.25, 0.3) is 0 Å². The number of benzene rings is 1. The minimum absolute atomic E-state index is 0.0405. The van der Waals surface area contributed by atoms with Gasteiger partial charge in [0.05, 0.1) is 11.0 Å². The van der Waals surface area contributed by atoms with Gasteiger partial charge < -0.3 is 10.2 Å². The summed E-state index contributed by atoms with van der Waals surface area (Å²) in [6, 6.07) is 5.48. The molecule has 100 valence electrons. The molecule has 1 aliphatic rings. The van der Waals surface area contributed by atoms with E-state index in [4.69, 9.17) is 5.11 Å².